The Labute approximate surface area is 111 Å². The normalized spacial score (nSPS) is 31.1. The van der Waals surface area contributed by atoms with Crippen molar-refractivity contribution >= 4 is 11.6 Å². The first-order valence-electron chi connectivity index (χ1n) is 6.22. The molecule has 2 rings (SSSR count). The molecular weight excluding hydrogens is 258 g/mol. The fourth-order valence-corrected chi connectivity index (χ4v) is 2.70. The Kier molecular flexibility index (Phi) is 4.29. The maximum atomic E-state index is 10.8. The van der Waals surface area contributed by atoms with Crippen LogP contribution in [0.1, 0.15) is 19.8 Å². The second kappa shape index (κ2) is 5.75. The van der Waals surface area contributed by atoms with Crippen LogP contribution in [0.4, 0.5) is 0 Å². The Hall–Kier alpha value is -1.01. The van der Waals surface area contributed by atoms with Gasteiger partial charge in [0.05, 0.1) is 17.6 Å². The van der Waals surface area contributed by atoms with Crippen molar-refractivity contribution in [3.05, 3.63) is 21.1 Å². The van der Waals surface area contributed by atoms with Crippen LogP contribution in [-0.2, 0) is 4.74 Å². The number of hydrogen-bond donors (Lipinski definition) is 1. The predicted octanol–water partition coefficient (Wildman–Crippen LogP) is 1.35. The molecule has 2 saturated heterocycles. The van der Waals surface area contributed by atoms with Crippen molar-refractivity contribution in [1.29, 1.82) is 0 Å². The van der Waals surface area contributed by atoms with Gasteiger partial charge in [-0.15, -0.1) is 0 Å². The lowest BCUT2D eigenvalue weighted by Gasteiger charge is -2.32. The zero-order valence-corrected chi connectivity index (χ0v) is 11.2. The Balaban J connectivity index is 2.04. The molecule has 2 aliphatic rings. The lowest BCUT2D eigenvalue weighted by atomic mass is 10.1. The highest BCUT2D eigenvalue weighted by Crippen LogP contribution is 2.24. The number of nitrogens with one attached hydrogen (secondary N) is 1. The maximum absolute atomic E-state index is 10.8. The van der Waals surface area contributed by atoms with Crippen LogP contribution < -0.4 is 5.32 Å². The number of nitrogens with zero attached hydrogens (tertiary/aromatic N) is 2. The summed E-state index contributed by atoms with van der Waals surface area (Å²) in [6.45, 7) is 5.07. The highest BCUT2D eigenvalue weighted by Gasteiger charge is 2.29. The molecule has 0 aliphatic carbocycles. The largest absolute Gasteiger partial charge is 0.378 e. The third-order valence-corrected chi connectivity index (χ3v) is 3.65. The second-order valence-electron chi connectivity index (χ2n) is 4.87. The van der Waals surface area contributed by atoms with Gasteiger partial charge < -0.3 is 15.0 Å². The van der Waals surface area contributed by atoms with E-state index in [0.717, 1.165) is 39.1 Å². The molecule has 2 aliphatic heterocycles. The lowest BCUT2D eigenvalue weighted by molar-refractivity contribution is -0.414. The van der Waals surface area contributed by atoms with Gasteiger partial charge in [-0.2, -0.15) is 0 Å². The monoisotopic (exact) mass is 275 g/mol. The Morgan fingerprint density at radius 2 is 2.50 bits per heavy atom. The van der Waals surface area contributed by atoms with E-state index in [-0.39, 0.29) is 11.3 Å². The predicted molar refractivity (Wildman–Crippen MR) is 67.6 cm³/mol. The molecule has 0 amide bonds. The lowest BCUT2D eigenvalue weighted by Crippen LogP contribution is -2.43. The van der Waals surface area contributed by atoms with Crippen LogP contribution in [0.2, 0.25) is 0 Å². The van der Waals surface area contributed by atoms with E-state index in [2.05, 4.69) is 12.2 Å². The van der Waals surface area contributed by atoms with E-state index in [1.54, 1.807) is 0 Å². The Morgan fingerprint density at radius 3 is 3.11 bits per heavy atom. The third kappa shape index (κ3) is 3.05. The fourth-order valence-electron chi connectivity index (χ4n) is 2.52. The van der Waals surface area contributed by atoms with Gasteiger partial charge in [0.1, 0.15) is 0 Å². The molecule has 0 aromatic heterocycles. The molecule has 2 heterocycles. The van der Waals surface area contributed by atoms with E-state index in [0.29, 0.717) is 11.7 Å². The molecule has 102 valence electrons. The second-order valence-corrected chi connectivity index (χ2v) is 5.23. The van der Waals surface area contributed by atoms with Crippen LogP contribution >= 0.6 is 11.6 Å². The average molecular weight is 276 g/mol. The molecule has 0 aromatic rings. The van der Waals surface area contributed by atoms with Gasteiger partial charge in [-0.25, -0.2) is 0 Å². The van der Waals surface area contributed by atoms with Crippen LogP contribution in [0, 0.1) is 16.0 Å². The molecule has 0 spiro atoms. The highest BCUT2D eigenvalue weighted by atomic mass is 35.5. The molecular formula is C11H18ClN3O3. The van der Waals surface area contributed by atoms with E-state index in [1.165, 1.54) is 0 Å². The molecule has 7 heteroatoms. The maximum Gasteiger partial charge on any atom is 0.377 e. The summed E-state index contributed by atoms with van der Waals surface area (Å²) < 4.78 is 5.52. The smallest absolute Gasteiger partial charge is 0.377 e. The van der Waals surface area contributed by atoms with Gasteiger partial charge in [-0.1, -0.05) is 0 Å². The van der Waals surface area contributed by atoms with E-state index in [1.807, 2.05) is 4.90 Å². The standard InChI is InChI=1S/C11H18ClN3O3/c1-8-5-9(7-18-8)6-14-4-2-3-13-11(14)10(12)15(16)17/h8-9,13H,2-7H2,1H3. The van der Waals surface area contributed by atoms with Gasteiger partial charge in [0, 0.05) is 25.6 Å². The summed E-state index contributed by atoms with van der Waals surface area (Å²) in [5, 5.41) is 13.5. The molecule has 18 heavy (non-hydrogen) atoms. The minimum Gasteiger partial charge on any atom is -0.378 e. The highest BCUT2D eigenvalue weighted by molar-refractivity contribution is 6.28. The molecule has 2 unspecified atom stereocenters. The summed E-state index contributed by atoms with van der Waals surface area (Å²) in [5.74, 6) is 0.874. The number of halogens is 1. The van der Waals surface area contributed by atoms with Crippen LogP contribution in [-0.4, -0.2) is 42.2 Å². The first-order chi connectivity index (χ1) is 8.58. The summed E-state index contributed by atoms with van der Waals surface area (Å²) in [6.07, 6.45) is 2.25. The Bertz CT molecular complexity index is 361. The number of hydrogen-bond acceptors (Lipinski definition) is 5. The molecule has 0 radical (unpaired) electrons. The molecule has 0 aromatic carbocycles. The van der Waals surface area contributed by atoms with Crippen molar-refractivity contribution < 1.29 is 9.66 Å². The fraction of sp³-hybridized carbons (Fsp3) is 0.818. The molecule has 1 N–H and O–H groups in total. The van der Waals surface area contributed by atoms with Crippen molar-refractivity contribution in [1.82, 2.24) is 10.2 Å². The summed E-state index contributed by atoms with van der Waals surface area (Å²) in [6, 6.07) is 0. The molecule has 2 fully saturated rings. The first-order valence-corrected chi connectivity index (χ1v) is 6.60. The molecule has 6 nitrogen and oxygen atoms in total. The van der Waals surface area contributed by atoms with Gasteiger partial charge >= 0.3 is 5.16 Å². The van der Waals surface area contributed by atoms with Gasteiger partial charge in [-0.05, 0) is 31.4 Å². The molecule has 0 bridgehead atoms. The molecule has 0 saturated carbocycles. The number of ether oxygens (including phenoxy) is 1. The summed E-state index contributed by atoms with van der Waals surface area (Å²) in [4.78, 5) is 12.2. The van der Waals surface area contributed by atoms with Crippen molar-refractivity contribution in [2.75, 3.05) is 26.2 Å². The van der Waals surface area contributed by atoms with Crippen molar-refractivity contribution in [2.45, 2.75) is 25.9 Å². The Morgan fingerprint density at radius 1 is 1.72 bits per heavy atom. The van der Waals surface area contributed by atoms with Crippen LogP contribution in [0.25, 0.3) is 0 Å². The van der Waals surface area contributed by atoms with E-state index in [4.69, 9.17) is 16.3 Å². The topological polar surface area (TPSA) is 67.6 Å². The van der Waals surface area contributed by atoms with Crippen molar-refractivity contribution in [2.24, 2.45) is 5.92 Å². The average Bonchev–Trinajstić information content (AvgIpc) is 2.74. The van der Waals surface area contributed by atoms with E-state index in [9.17, 15) is 10.1 Å². The van der Waals surface area contributed by atoms with Crippen molar-refractivity contribution in [3.8, 4) is 0 Å². The van der Waals surface area contributed by atoms with Crippen LogP contribution in [0.15, 0.2) is 11.0 Å². The summed E-state index contributed by atoms with van der Waals surface area (Å²) in [7, 11) is 0. The van der Waals surface area contributed by atoms with E-state index < -0.39 is 4.92 Å². The van der Waals surface area contributed by atoms with Gasteiger partial charge in [0.2, 0.25) is 0 Å². The minimum absolute atomic E-state index is 0.283. The van der Waals surface area contributed by atoms with Crippen molar-refractivity contribution in [3.63, 3.8) is 0 Å². The summed E-state index contributed by atoms with van der Waals surface area (Å²) in [5.41, 5.74) is 0. The first kappa shape index (κ1) is 13.4. The zero-order valence-electron chi connectivity index (χ0n) is 10.4. The van der Waals surface area contributed by atoms with E-state index >= 15 is 0 Å². The van der Waals surface area contributed by atoms with Gasteiger partial charge in [-0.3, -0.25) is 10.1 Å². The van der Waals surface area contributed by atoms with Crippen LogP contribution in [0.3, 0.4) is 0 Å². The molecule has 2 atom stereocenters. The summed E-state index contributed by atoms with van der Waals surface area (Å²) >= 11 is 5.75. The SMILES string of the molecule is CC1CC(CN2CCCNC2=C(Cl)[N+](=O)[O-])CO1. The quantitative estimate of drug-likeness (QED) is 0.478. The van der Waals surface area contributed by atoms with Crippen LogP contribution in [0.5, 0.6) is 0 Å². The van der Waals surface area contributed by atoms with Gasteiger partial charge in [0.15, 0.2) is 5.82 Å². The van der Waals surface area contributed by atoms with Gasteiger partial charge in [0.25, 0.3) is 0 Å². The minimum atomic E-state index is -0.546. The number of nitro groups is 1. The number of rotatable bonds is 3. The zero-order chi connectivity index (χ0) is 13.1. The third-order valence-electron chi connectivity index (χ3n) is 3.33.